The van der Waals surface area contributed by atoms with Crippen LogP contribution in [0.25, 0.3) is 0 Å². The summed E-state index contributed by atoms with van der Waals surface area (Å²) in [4.78, 5) is 34.4. The molecule has 0 saturated carbocycles. The van der Waals surface area contributed by atoms with Crippen LogP contribution in [0.3, 0.4) is 0 Å². The summed E-state index contributed by atoms with van der Waals surface area (Å²) in [6.07, 6.45) is 0.511. The van der Waals surface area contributed by atoms with Crippen molar-refractivity contribution in [1.29, 1.82) is 0 Å². The highest BCUT2D eigenvalue weighted by molar-refractivity contribution is 7.18. The second-order valence-electron chi connectivity index (χ2n) is 5.22. The van der Waals surface area contributed by atoms with E-state index < -0.39 is 11.9 Å². The molecular formula is C14H20N2O4S. The molecule has 0 aliphatic carbocycles. The first-order chi connectivity index (χ1) is 9.79. The Labute approximate surface area is 127 Å². The zero-order chi connectivity index (χ0) is 16.0. The van der Waals surface area contributed by atoms with Gasteiger partial charge in [0.2, 0.25) is 5.91 Å². The molecule has 116 valence electrons. The largest absolute Gasteiger partial charge is 0.481 e. The average molecular weight is 312 g/mol. The smallest absolute Gasteiger partial charge is 0.308 e. The van der Waals surface area contributed by atoms with E-state index in [1.807, 2.05) is 13.8 Å². The van der Waals surface area contributed by atoms with Crippen molar-refractivity contribution in [3.63, 3.8) is 0 Å². The molecule has 1 atom stereocenters. The van der Waals surface area contributed by atoms with Crippen molar-refractivity contribution in [2.75, 3.05) is 11.9 Å². The molecule has 6 nitrogen and oxygen atoms in total. The Morgan fingerprint density at radius 1 is 1.29 bits per heavy atom. The van der Waals surface area contributed by atoms with Crippen LogP contribution in [0, 0.1) is 11.8 Å². The second-order valence-corrected chi connectivity index (χ2v) is 6.30. The van der Waals surface area contributed by atoms with Gasteiger partial charge in [0.15, 0.2) is 0 Å². The number of carboxylic acid groups (broad SMARTS) is 1. The first-order valence-electron chi connectivity index (χ1n) is 6.68. The van der Waals surface area contributed by atoms with Gasteiger partial charge in [0.05, 0.1) is 15.8 Å². The highest BCUT2D eigenvalue weighted by atomic mass is 32.1. The standard InChI is InChI=1S/C14H20N2O4S/c1-8(2)6-10(14(19)20)7-15-13(18)11-4-5-12(21-11)16-9(3)17/h4-5,8,10H,6-7H2,1-3H3,(H,15,18)(H,16,17)(H,19,20). The lowest BCUT2D eigenvalue weighted by Crippen LogP contribution is -2.33. The SMILES string of the molecule is CC(=O)Nc1ccc(C(=O)NCC(CC(C)C)C(=O)O)s1. The van der Waals surface area contributed by atoms with Gasteiger partial charge in [-0.15, -0.1) is 11.3 Å². The Morgan fingerprint density at radius 2 is 1.95 bits per heavy atom. The van der Waals surface area contributed by atoms with E-state index in [1.165, 1.54) is 6.92 Å². The third-order valence-corrected chi connectivity index (χ3v) is 3.74. The molecule has 2 amide bonds. The molecule has 7 heteroatoms. The van der Waals surface area contributed by atoms with E-state index in [9.17, 15) is 14.4 Å². The number of nitrogens with one attached hydrogen (secondary N) is 2. The van der Waals surface area contributed by atoms with Gasteiger partial charge >= 0.3 is 5.97 Å². The van der Waals surface area contributed by atoms with Crippen LogP contribution in [0.4, 0.5) is 5.00 Å². The summed E-state index contributed by atoms with van der Waals surface area (Å²) in [5, 5.41) is 14.9. The number of carbonyl (C=O) groups is 3. The van der Waals surface area contributed by atoms with Crippen LogP contribution in [-0.2, 0) is 9.59 Å². The number of aliphatic carboxylic acids is 1. The van der Waals surface area contributed by atoms with E-state index in [4.69, 9.17) is 5.11 Å². The van der Waals surface area contributed by atoms with Crippen LogP contribution in [0.5, 0.6) is 0 Å². The van der Waals surface area contributed by atoms with E-state index in [-0.39, 0.29) is 24.3 Å². The summed E-state index contributed by atoms with van der Waals surface area (Å²) in [6, 6.07) is 3.24. The van der Waals surface area contributed by atoms with Gasteiger partial charge in [-0.3, -0.25) is 14.4 Å². The fourth-order valence-electron chi connectivity index (χ4n) is 1.84. The van der Waals surface area contributed by atoms with Gasteiger partial charge in [-0.1, -0.05) is 13.8 Å². The van der Waals surface area contributed by atoms with Crippen molar-refractivity contribution in [3.05, 3.63) is 17.0 Å². The Hall–Kier alpha value is -1.89. The number of carbonyl (C=O) groups excluding carboxylic acids is 2. The maximum Gasteiger partial charge on any atom is 0.308 e. The van der Waals surface area contributed by atoms with Gasteiger partial charge < -0.3 is 15.7 Å². The van der Waals surface area contributed by atoms with Gasteiger partial charge in [-0.25, -0.2) is 0 Å². The predicted octanol–water partition coefficient (Wildman–Crippen LogP) is 2.18. The van der Waals surface area contributed by atoms with Crippen molar-refractivity contribution in [3.8, 4) is 0 Å². The maximum absolute atomic E-state index is 12.0. The van der Waals surface area contributed by atoms with Gasteiger partial charge in [0.1, 0.15) is 0 Å². The monoisotopic (exact) mass is 312 g/mol. The average Bonchev–Trinajstić information content (AvgIpc) is 2.80. The van der Waals surface area contributed by atoms with E-state index in [0.717, 1.165) is 11.3 Å². The van der Waals surface area contributed by atoms with Crippen molar-refractivity contribution in [2.24, 2.45) is 11.8 Å². The summed E-state index contributed by atoms with van der Waals surface area (Å²) in [6.45, 7) is 5.37. The lowest BCUT2D eigenvalue weighted by Gasteiger charge is -2.15. The van der Waals surface area contributed by atoms with Crippen LogP contribution in [0.2, 0.25) is 0 Å². The fraction of sp³-hybridized carbons (Fsp3) is 0.500. The molecule has 1 unspecified atom stereocenters. The number of rotatable bonds is 7. The molecule has 0 aliphatic rings. The molecule has 0 radical (unpaired) electrons. The number of hydrogen-bond acceptors (Lipinski definition) is 4. The summed E-state index contributed by atoms with van der Waals surface area (Å²) in [5.74, 6) is -1.78. The molecule has 0 saturated heterocycles. The molecule has 21 heavy (non-hydrogen) atoms. The molecule has 1 aromatic rings. The van der Waals surface area contributed by atoms with Crippen molar-refractivity contribution in [1.82, 2.24) is 5.32 Å². The Kier molecular flexibility index (Phi) is 6.36. The van der Waals surface area contributed by atoms with E-state index in [1.54, 1.807) is 12.1 Å². The zero-order valence-electron chi connectivity index (χ0n) is 12.3. The fourth-order valence-corrected chi connectivity index (χ4v) is 2.71. The molecule has 1 heterocycles. The molecule has 0 aromatic carbocycles. The molecule has 1 aromatic heterocycles. The number of hydrogen-bond donors (Lipinski definition) is 3. The third kappa shape index (κ3) is 5.95. The van der Waals surface area contributed by atoms with Crippen LogP contribution < -0.4 is 10.6 Å². The third-order valence-electron chi connectivity index (χ3n) is 2.74. The highest BCUT2D eigenvalue weighted by Crippen LogP contribution is 2.21. The number of carboxylic acids is 1. The normalized spacial score (nSPS) is 12.0. The van der Waals surface area contributed by atoms with Crippen LogP contribution in [-0.4, -0.2) is 29.4 Å². The summed E-state index contributed by atoms with van der Waals surface area (Å²) in [5.41, 5.74) is 0. The molecule has 3 N–H and O–H groups in total. The number of thiophene rings is 1. The summed E-state index contributed by atoms with van der Waals surface area (Å²) in [7, 11) is 0. The molecule has 0 bridgehead atoms. The van der Waals surface area contributed by atoms with Gasteiger partial charge in [0, 0.05) is 13.5 Å². The lowest BCUT2D eigenvalue weighted by atomic mass is 9.97. The number of amides is 2. The lowest BCUT2D eigenvalue weighted by molar-refractivity contribution is -0.142. The minimum Gasteiger partial charge on any atom is -0.481 e. The van der Waals surface area contributed by atoms with Crippen LogP contribution >= 0.6 is 11.3 Å². The topological polar surface area (TPSA) is 95.5 Å². The van der Waals surface area contributed by atoms with E-state index in [0.29, 0.717) is 16.3 Å². The first kappa shape index (κ1) is 17.2. The van der Waals surface area contributed by atoms with Gasteiger partial charge in [0.25, 0.3) is 5.91 Å². The summed E-state index contributed by atoms with van der Waals surface area (Å²) < 4.78 is 0. The predicted molar refractivity (Wildman–Crippen MR) is 81.5 cm³/mol. The van der Waals surface area contributed by atoms with Crippen LogP contribution in [0.15, 0.2) is 12.1 Å². The number of anilines is 1. The van der Waals surface area contributed by atoms with Crippen molar-refractivity contribution < 1.29 is 19.5 Å². The Morgan fingerprint density at radius 3 is 2.48 bits per heavy atom. The first-order valence-corrected chi connectivity index (χ1v) is 7.49. The molecular weight excluding hydrogens is 292 g/mol. The second kappa shape index (κ2) is 7.78. The highest BCUT2D eigenvalue weighted by Gasteiger charge is 2.20. The summed E-state index contributed by atoms with van der Waals surface area (Å²) >= 11 is 1.15. The van der Waals surface area contributed by atoms with Crippen molar-refractivity contribution >= 4 is 34.1 Å². The van der Waals surface area contributed by atoms with Crippen molar-refractivity contribution in [2.45, 2.75) is 27.2 Å². The minimum absolute atomic E-state index is 0.0969. The van der Waals surface area contributed by atoms with Gasteiger partial charge in [-0.05, 0) is 24.5 Å². The molecule has 1 rings (SSSR count). The quantitative estimate of drug-likeness (QED) is 0.719. The Bertz CT molecular complexity index is 525. The zero-order valence-corrected chi connectivity index (χ0v) is 13.1. The minimum atomic E-state index is -0.908. The van der Waals surface area contributed by atoms with E-state index >= 15 is 0 Å². The maximum atomic E-state index is 12.0. The van der Waals surface area contributed by atoms with Gasteiger partial charge in [-0.2, -0.15) is 0 Å². The van der Waals surface area contributed by atoms with Crippen LogP contribution in [0.1, 0.15) is 36.9 Å². The molecule has 0 aliphatic heterocycles. The Balaban J connectivity index is 2.57. The van der Waals surface area contributed by atoms with E-state index in [2.05, 4.69) is 10.6 Å². The molecule has 0 fully saturated rings. The molecule has 0 spiro atoms.